The number of amides is 1. The average Bonchev–Trinajstić information content (AvgIpc) is 3.24. The molecule has 0 spiro atoms. The van der Waals surface area contributed by atoms with E-state index in [4.69, 9.17) is 11.6 Å². The lowest BCUT2D eigenvalue weighted by molar-refractivity contribution is -0.122. The summed E-state index contributed by atoms with van der Waals surface area (Å²) in [5, 5.41) is 6.98. The van der Waals surface area contributed by atoms with Gasteiger partial charge < -0.3 is 15.5 Å². The Hall–Kier alpha value is -3.12. The first-order valence-corrected chi connectivity index (χ1v) is 10.4. The zero-order chi connectivity index (χ0) is 20.9. The Morgan fingerprint density at radius 1 is 1.20 bits per heavy atom. The third kappa shape index (κ3) is 4.89. The van der Waals surface area contributed by atoms with Gasteiger partial charge in [-0.3, -0.25) is 4.79 Å². The first kappa shape index (κ1) is 20.2. The molecule has 1 saturated heterocycles. The van der Waals surface area contributed by atoms with Gasteiger partial charge in [-0.25, -0.2) is 4.98 Å². The highest BCUT2D eigenvalue weighted by molar-refractivity contribution is 6.30. The van der Waals surface area contributed by atoms with Crippen LogP contribution in [0.3, 0.4) is 0 Å². The summed E-state index contributed by atoms with van der Waals surface area (Å²) in [6, 6.07) is 17.2. The van der Waals surface area contributed by atoms with Crippen LogP contribution in [0.4, 0.5) is 17.5 Å². The van der Waals surface area contributed by atoms with Crippen LogP contribution < -0.4 is 15.5 Å². The number of benzene rings is 2. The zero-order valence-electron chi connectivity index (χ0n) is 16.8. The van der Waals surface area contributed by atoms with Gasteiger partial charge in [0.05, 0.1) is 0 Å². The van der Waals surface area contributed by atoms with Crippen LogP contribution in [0.25, 0.3) is 0 Å². The molecule has 1 aromatic heterocycles. The van der Waals surface area contributed by atoms with Crippen LogP contribution in [0.15, 0.2) is 60.8 Å². The molecule has 3 aromatic rings. The van der Waals surface area contributed by atoms with Crippen molar-refractivity contribution in [1.29, 1.82) is 0 Å². The molecule has 0 bridgehead atoms. The zero-order valence-corrected chi connectivity index (χ0v) is 17.6. The summed E-state index contributed by atoms with van der Waals surface area (Å²) in [5.41, 5.74) is 3.14. The Balaban J connectivity index is 1.43. The maximum Gasteiger partial charge on any atom is 0.243 e. The van der Waals surface area contributed by atoms with Gasteiger partial charge in [0.25, 0.3) is 0 Å². The number of carbonyl (C=O) groups is 1. The molecule has 1 unspecified atom stereocenters. The summed E-state index contributed by atoms with van der Waals surface area (Å²) in [4.78, 5) is 23.9. The van der Waals surface area contributed by atoms with Crippen molar-refractivity contribution in [3.05, 3.63) is 76.9 Å². The lowest BCUT2D eigenvalue weighted by Crippen LogP contribution is -2.43. The summed E-state index contributed by atoms with van der Waals surface area (Å²) in [7, 11) is 0. The number of nitrogens with zero attached hydrogens (tertiary/aromatic N) is 3. The van der Waals surface area contributed by atoms with E-state index in [1.54, 1.807) is 6.20 Å². The van der Waals surface area contributed by atoms with Gasteiger partial charge in [-0.2, -0.15) is 4.98 Å². The largest absolute Gasteiger partial charge is 0.350 e. The molecule has 30 heavy (non-hydrogen) atoms. The van der Waals surface area contributed by atoms with Crippen molar-refractivity contribution in [2.24, 2.45) is 0 Å². The van der Waals surface area contributed by atoms with Gasteiger partial charge in [0.15, 0.2) is 0 Å². The number of carbonyl (C=O) groups excluding carboxylic acids is 1. The van der Waals surface area contributed by atoms with E-state index in [0.29, 0.717) is 23.3 Å². The van der Waals surface area contributed by atoms with Gasteiger partial charge in [-0.05, 0) is 55.7 Å². The number of rotatable bonds is 6. The molecule has 0 saturated carbocycles. The number of nitrogens with one attached hydrogen (secondary N) is 2. The standard InChI is InChI=1S/C23H24ClN5O/c1-16-7-9-19(10-8-16)27-21-11-12-25-23(28-21)29-13-3-6-20(29)22(30)26-15-17-4-2-5-18(24)14-17/h2,4-5,7-12,14,20H,3,6,13,15H2,1H3,(H,26,30)(H,25,27,28). The lowest BCUT2D eigenvalue weighted by Gasteiger charge is -2.24. The van der Waals surface area contributed by atoms with Crippen LogP contribution in [0.1, 0.15) is 24.0 Å². The van der Waals surface area contributed by atoms with E-state index in [-0.39, 0.29) is 11.9 Å². The predicted molar refractivity (Wildman–Crippen MR) is 120 cm³/mol. The Morgan fingerprint density at radius 2 is 2.03 bits per heavy atom. The molecular formula is C23H24ClN5O. The normalized spacial score (nSPS) is 15.8. The monoisotopic (exact) mass is 421 g/mol. The van der Waals surface area contributed by atoms with Gasteiger partial charge in [0.1, 0.15) is 11.9 Å². The first-order valence-electron chi connectivity index (χ1n) is 10.0. The molecule has 154 valence electrons. The summed E-state index contributed by atoms with van der Waals surface area (Å²) < 4.78 is 0. The molecule has 6 nitrogen and oxygen atoms in total. The molecule has 4 rings (SSSR count). The van der Waals surface area contributed by atoms with Crippen LogP contribution in [0.2, 0.25) is 5.02 Å². The summed E-state index contributed by atoms with van der Waals surface area (Å²) in [5.74, 6) is 1.24. The second-order valence-corrected chi connectivity index (χ2v) is 7.87. The molecule has 1 aliphatic rings. The Kier molecular flexibility index (Phi) is 6.14. The fourth-order valence-corrected chi connectivity index (χ4v) is 3.79. The minimum absolute atomic E-state index is 0.0204. The molecule has 1 fully saturated rings. The minimum atomic E-state index is -0.279. The number of hydrogen-bond donors (Lipinski definition) is 2. The fourth-order valence-electron chi connectivity index (χ4n) is 3.57. The third-order valence-corrected chi connectivity index (χ3v) is 5.37. The average molecular weight is 422 g/mol. The molecular weight excluding hydrogens is 398 g/mol. The minimum Gasteiger partial charge on any atom is -0.350 e. The Morgan fingerprint density at radius 3 is 2.83 bits per heavy atom. The molecule has 2 N–H and O–H groups in total. The number of aromatic nitrogens is 2. The molecule has 7 heteroatoms. The lowest BCUT2D eigenvalue weighted by atomic mass is 10.2. The number of aryl methyl sites for hydroxylation is 1. The smallest absolute Gasteiger partial charge is 0.243 e. The van der Waals surface area contributed by atoms with Gasteiger partial charge in [0.2, 0.25) is 11.9 Å². The van der Waals surface area contributed by atoms with E-state index in [9.17, 15) is 4.79 Å². The van der Waals surface area contributed by atoms with Crippen molar-refractivity contribution < 1.29 is 4.79 Å². The van der Waals surface area contributed by atoms with Crippen molar-refractivity contribution in [2.75, 3.05) is 16.8 Å². The van der Waals surface area contributed by atoms with E-state index in [2.05, 4.69) is 27.5 Å². The number of halogens is 1. The second-order valence-electron chi connectivity index (χ2n) is 7.43. The summed E-state index contributed by atoms with van der Waals surface area (Å²) in [6.07, 6.45) is 3.42. The highest BCUT2D eigenvalue weighted by Crippen LogP contribution is 2.24. The molecule has 0 aliphatic carbocycles. The molecule has 1 atom stereocenters. The molecule has 2 aromatic carbocycles. The highest BCUT2D eigenvalue weighted by Gasteiger charge is 2.32. The van der Waals surface area contributed by atoms with Crippen molar-refractivity contribution in [1.82, 2.24) is 15.3 Å². The van der Waals surface area contributed by atoms with Gasteiger partial charge in [-0.1, -0.05) is 41.4 Å². The van der Waals surface area contributed by atoms with Crippen LogP contribution >= 0.6 is 11.6 Å². The quantitative estimate of drug-likeness (QED) is 0.614. The molecule has 1 aliphatic heterocycles. The van der Waals surface area contributed by atoms with Crippen LogP contribution in [-0.2, 0) is 11.3 Å². The number of hydrogen-bond acceptors (Lipinski definition) is 5. The van der Waals surface area contributed by atoms with Gasteiger partial charge in [0, 0.05) is 30.0 Å². The predicted octanol–water partition coefficient (Wildman–Crippen LogP) is 4.47. The van der Waals surface area contributed by atoms with Crippen LogP contribution in [0.5, 0.6) is 0 Å². The summed E-state index contributed by atoms with van der Waals surface area (Å²) in [6.45, 7) is 3.25. The SMILES string of the molecule is Cc1ccc(Nc2ccnc(N3CCCC3C(=O)NCc3cccc(Cl)c3)n2)cc1. The van der Waals surface area contributed by atoms with E-state index in [0.717, 1.165) is 30.6 Å². The number of anilines is 3. The second kappa shape index (κ2) is 9.13. The Labute approximate surface area is 181 Å². The first-order chi connectivity index (χ1) is 14.6. The van der Waals surface area contributed by atoms with E-state index < -0.39 is 0 Å². The fraction of sp³-hybridized carbons (Fsp3) is 0.261. The maximum absolute atomic E-state index is 12.8. The van der Waals surface area contributed by atoms with Crippen molar-refractivity contribution in [3.8, 4) is 0 Å². The van der Waals surface area contributed by atoms with Gasteiger partial charge in [-0.15, -0.1) is 0 Å². The van der Waals surface area contributed by atoms with Crippen molar-refractivity contribution in [2.45, 2.75) is 32.4 Å². The summed E-state index contributed by atoms with van der Waals surface area (Å²) >= 11 is 6.03. The maximum atomic E-state index is 12.8. The molecule has 1 amide bonds. The van der Waals surface area contributed by atoms with E-state index in [1.165, 1.54) is 5.56 Å². The van der Waals surface area contributed by atoms with Crippen LogP contribution in [0, 0.1) is 6.92 Å². The molecule has 0 radical (unpaired) electrons. The highest BCUT2D eigenvalue weighted by atomic mass is 35.5. The van der Waals surface area contributed by atoms with E-state index in [1.807, 2.05) is 59.5 Å². The van der Waals surface area contributed by atoms with E-state index >= 15 is 0 Å². The van der Waals surface area contributed by atoms with Crippen molar-refractivity contribution >= 4 is 35.0 Å². The topological polar surface area (TPSA) is 70.2 Å². The van der Waals surface area contributed by atoms with Gasteiger partial charge >= 0.3 is 0 Å². The van der Waals surface area contributed by atoms with Crippen LogP contribution in [-0.4, -0.2) is 28.5 Å². The van der Waals surface area contributed by atoms with Crippen molar-refractivity contribution in [3.63, 3.8) is 0 Å². The third-order valence-electron chi connectivity index (χ3n) is 5.13. The Bertz CT molecular complexity index is 1020. The molecule has 2 heterocycles.